The number of hydrogen-bond acceptors (Lipinski definition) is 44. The molecule has 9 aliphatic heterocycles. The molecule has 133 heavy (non-hydrogen) atoms. The van der Waals surface area contributed by atoms with Gasteiger partial charge in [-0.2, -0.15) is 15.0 Å². The van der Waals surface area contributed by atoms with Crippen molar-refractivity contribution in [2.24, 2.45) is 0 Å². The Bertz CT molecular complexity index is 6870. The van der Waals surface area contributed by atoms with E-state index in [1.54, 1.807) is 46.1 Å². The summed E-state index contributed by atoms with van der Waals surface area (Å²) >= 11 is 30.7. The Kier molecular flexibility index (Phi) is 25.6. The number of alkyl halides is 1. The van der Waals surface area contributed by atoms with Gasteiger partial charge < -0.3 is 133 Å². The minimum atomic E-state index is -4.41. The highest BCUT2D eigenvalue weighted by molar-refractivity contribution is 8.44. The number of pyridine rings is 3. The number of H-pyrrole nitrogens is 3. The minimum absolute atomic E-state index is 0.0163. The summed E-state index contributed by atoms with van der Waals surface area (Å²) in [5.41, 5.74) is 34.9. The summed E-state index contributed by atoms with van der Waals surface area (Å²) in [7, 11) is 0. The number of nitrogen functional groups attached to an aromatic ring is 6. The Hall–Kier alpha value is -7.79. The third-order valence-electron chi connectivity index (χ3n) is 22.7. The topological polar surface area (TPSA) is 721 Å². The molecule has 0 aromatic carbocycles. The second-order valence-corrected chi connectivity index (χ2v) is 48.0. The van der Waals surface area contributed by atoms with Gasteiger partial charge in [-0.1, -0.05) is 18.2 Å². The van der Waals surface area contributed by atoms with Gasteiger partial charge in [0.2, 0.25) is 17.8 Å². The Labute approximate surface area is 774 Å². The maximum atomic E-state index is 16.0. The number of halogens is 1. The Balaban J connectivity index is 0.000000129. The van der Waals surface area contributed by atoms with Crippen molar-refractivity contribution in [1.29, 1.82) is 0 Å². The average Bonchev–Trinajstić information content (AvgIpc) is 1.58. The van der Waals surface area contributed by atoms with Crippen LogP contribution in [-0.2, 0) is 142 Å². The van der Waals surface area contributed by atoms with E-state index >= 15 is 4.39 Å². The molecule has 0 amide bonds. The van der Waals surface area contributed by atoms with Crippen LogP contribution in [0.5, 0.6) is 0 Å². The number of nitrogens with two attached hydrogens (primary N) is 6. The Morgan fingerprint density at radius 3 is 1.41 bits per heavy atom. The molecule has 12 aromatic heterocycles. The van der Waals surface area contributed by atoms with Gasteiger partial charge in [-0.05, 0) is 89.4 Å². The largest absolute Gasteiger partial charge is 0.398 e. The number of rotatable bonds is 6. The molecule has 21 rings (SSSR count). The molecule has 0 radical (unpaired) electrons. The normalized spacial score (nSPS) is 36.3. The zero-order valence-corrected chi connectivity index (χ0v) is 78.0. The lowest BCUT2D eigenvalue weighted by Crippen LogP contribution is -2.47. The third kappa shape index (κ3) is 18.9. The number of nitrogens with zero attached hydrogens (tertiary/aromatic N) is 16. The maximum Gasteiger partial charge on any atom is 0.386 e. The zero-order valence-electron chi connectivity index (χ0n) is 67.6. The van der Waals surface area contributed by atoms with Crippen LogP contribution in [0.4, 0.5) is 39.3 Å². The van der Waals surface area contributed by atoms with Crippen molar-refractivity contribution >= 4 is 213 Å². The first-order chi connectivity index (χ1) is 63.1. The summed E-state index contributed by atoms with van der Waals surface area (Å²) in [5, 5.41) is 15.9. The molecule has 12 aromatic rings. The van der Waals surface area contributed by atoms with Crippen molar-refractivity contribution < 1.29 is 116 Å². The van der Waals surface area contributed by atoms with Gasteiger partial charge in [-0.15, -0.1) is 6.42 Å². The molecule has 26 atom stereocenters. The summed E-state index contributed by atoms with van der Waals surface area (Å²) in [6, 6.07) is 7.30. The lowest BCUT2D eigenvalue weighted by molar-refractivity contribution is -0.0877. The number of hydrogen-bond donors (Lipinski definition) is 17. The van der Waals surface area contributed by atoms with E-state index in [2.05, 4.69) is 88.3 Å². The van der Waals surface area contributed by atoms with Gasteiger partial charge in [0.15, 0.2) is 63.4 Å². The lowest BCUT2D eigenvalue weighted by atomic mass is 9.97. The SMILES string of the molecule is C#C[C@@]12COP(O)(=S)O[C@@H]3[C@@H](F)[C@@H](COP(O)(=S)O[C@H]1[C@@H](O)[C@H](n1cnc4c(N)ccnc41)O2)N[C@H]3n1cnc2c(=O)[nH]c(N)nc21.Nc1nc2c(ncn2[C@@H]2O[C@@H]3COP(O)(=S)O[C@H]4C[C@H](n5ccc6c(N)ccnc65)OC4COP(=O)(S)O[C@@H]2C3)c(=O)[nH]1.Nc1nc2c(ncn2[C@@H]2O[C@@H]3COP(O)(=S)O[C@H]4C[C@H](n5ccc6c(N)ccnc65)OC4COP(O)(=S)O[C@@H]2C3)c(=O)[nH]1. The van der Waals surface area contributed by atoms with Gasteiger partial charge in [0.25, 0.3) is 16.7 Å². The number of ether oxygens (including phenoxy) is 5. The lowest BCUT2D eigenvalue weighted by Gasteiger charge is -2.33. The van der Waals surface area contributed by atoms with Crippen molar-refractivity contribution in [3.63, 3.8) is 0 Å². The fourth-order valence-electron chi connectivity index (χ4n) is 16.7. The summed E-state index contributed by atoms with van der Waals surface area (Å²) < 4.78 is 138. The number of thiol groups is 1. The second-order valence-electron chi connectivity index (χ2n) is 31.2. The number of terminal acetylenes is 1. The van der Waals surface area contributed by atoms with Crippen molar-refractivity contribution in [2.45, 2.75) is 148 Å². The summed E-state index contributed by atoms with van der Waals surface area (Å²) in [6.07, 6.45) is 0.953. The van der Waals surface area contributed by atoms with Gasteiger partial charge in [0.05, 0.1) is 101 Å². The fourth-order valence-corrected chi connectivity index (χ4v) is 25.5. The van der Waals surface area contributed by atoms with Gasteiger partial charge in [0, 0.05) is 78.8 Å². The van der Waals surface area contributed by atoms with Crippen LogP contribution in [0.25, 0.3) is 66.7 Å². The molecule has 6 bridgehead atoms. The van der Waals surface area contributed by atoms with E-state index in [9.17, 15) is 48.5 Å². The number of anilines is 6. The average molecular weight is 2080 g/mol. The van der Waals surface area contributed by atoms with Crippen LogP contribution in [-0.4, -0.2) is 246 Å². The van der Waals surface area contributed by atoms with E-state index in [-0.39, 0.29) is 109 Å². The molecule has 53 nitrogen and oxygen atoms in total. The summed E-state index contributed by atoms with van der Waals surface area (Å²) in [5.74, 6) is 1.87. The van der Waals surface area contributed by atoms with Crippen molar-refractivity contribution in [1.82, 2.24) is 97.5 Å². The molecular formula is C67H77FN26O27P6S6. The zero-order chi connectivity index (χ0) is 93.7. The van der Waals surface area contributed by atoms with Crippen LogP contribution in [0, 0.1) is 12.3 Å². The van der Waals surface area contributed by atoms with Crippen LogP contribution >= 0.6 is 52.6 Å². The first kappa shape index (κ1) is 94.2. The molecule has 22 N–H and O–H groups in total. The van der Waals surface area contributed by atoms with Crippen molar-refractivity contribution in [3.05, 3.63) is 118 Å². The van der Waals surface area contributed by atoms with E-state index in [1.165, 1.54) is 55.8 Å². The fraction of sp³-hybridized carbons (Fsp3) is 0.448. The Morgan fingerprint density at radius 1 is 0.474 bits per heavy atom. The third-order valence-corrected chi connectivity index (χ3v) is 32.1. The molecule has 710 valence electrons. The molecule has 9 aliphatic rings. The minimum Gasteiger partial charge on any atom is -0.398 e. The van der Waals surface area contributed by atoms with E-state index in [0.717, 1.165) is 10.8 Å². The predicted molar refractivity (Wildman–Crippen MR) is 485 cm³/mol. The molecule has 66 heteroatoms. The highest BCUT2D eigenvalue weighted by atomic mass is 32.7. The van der Waals surface area contributed by atoms with E-state index in [1.807, 2.05) is 12.1 Å². The van der Waals surface area contributed by atoms with Gasteiger partial charge in [0.1, 0.15) is 84.3 Å². The first-order valence-electron chi connectivity index (χ1n) is 39.6. The van der Waals surface area contributed by atoms with Gasteiger partial charge in [-0.3, -0.25) is 71.0 Å². The number of aliphatic hydroxyl groups is 1. The molecule has 9 saturated heterocycles. The van der Waals surface area contributed by atoms with E-state index in [0.29, 0.717) is 33.9 Å². The molecule has 9 fully saturated rings. The molecule has 8 unspecified atom stereocenters. The number of aromatic amines is 3. The highest BCUT2D eigenvalue weighted by Crippen LogP contribution is 2.61. The second kappa shape index (κ2) is 36.2. The number of aromatic nitrogens is 19. The molecule has 0 aliphatic carbocycles. The maximum absolute atomic E-state index is 16.0. The standard InChI is InChI=1S/C23H25FN10O9P2S2.2C22H26N8O9P2S2/c1-2-23-6-40-45(38,47)42-15-11(24)10(30-19(15)33-7-29-13-18(33)31-22(26)32-20(13)36)5-39-44(37,46)43-16(23)14(35)21(41-23)34-8-28-12-9(25)3-4-27-17(12)34;2*23-12-1-3-25-18-11(12)2-4-29(18)16-6-13-15(37-16)8-35-41(33,43)39-14-5-10(7-34-40(32,42)38-13)36-21(14)30-9-26-17-19(30)27-22(24)28-20(17)31/h1,3-4,7-8,10-11,14-16,19,21,30,35H,5-6H2,(H2,25,27)(H,37,46)(H,38,47)(H3,26,31,32,36);2*1-4,9-10,13-16,21H,5-8H2,(H2,23,25)(H,32,42)(H,33,43)(H3,24,27,28,31)/t10-,11+,14-,15-,16+,19+,21-,23-,44?,45?;2*10-,13-,14+,15?,16+,21+,40?,41?/m100/s1. The molecule has 21 heterocycles. The summed E-state index contributed by atoms with van der Waals surface area (Å²) in [6.45, 7) is -26.6. The Morgan fingerprint density at radius 2 is 0.895 bits per heavy atom. The first-order valence-corrected chi connectivity index (χ1v) is 55.3. The smallest absolute Gasteiger partial charge is 0.386 e. The predicted octanol–water partition coefficient (Wildman–Crippen LogP) is 2.19. The van der Waals surface area contributed by atoms with Crippen LogP contribution in [0.3, 0.4) is 0 Å². The number of fused-ring (bicyclic) bond motifs is 15. The molecule has 0 spiro atoms. The van der Waals surface area contributed by atoms with Crippen LogP contribution in [0.1, 0.15) is 63.0 Å². The number of imidazole rings is 4. The molecule has 0 saturated carbocycles. The quantitative estimate of drug-likeness (QED) is 0.0644. The number of aliphatic hydroxyl groups excluding tert-OH is 1. The van der Waals surface area contributed by atoms with Crippen LogP contribution in [0.2, 0.25) is 0 Å². The van der Waals surface area contributed by atoms with Gasteiger partial charge in [-0.25, -0.2) is 43.8 Å². The number of nitrogens with one attached hydrogen (secondary N) is 4. The van der Waals surface area contributed by atoms with E-state index < -0.39 is 193 Å². The van der Waals surface area contributed by atoms with Gasteiger partial charge >= 0.3 is 40.4 Å². The van der Waals surface area contributed by atoms with E-state index in [4.69, 9.17) is 178 Å². The highest BCUT2D eigenvalue weighted by Gasteiger charge is 2.60. The van der Waals surface area contributed by atoms with Crippen molar-refractivity contribution in [3.8, 4) is 12.3 Å². The monoisotopic (exact) mass is 2070 g/mol. The van der Waals surface area contributed by atoms with Crippen molar-refractivity contribution in [2.75, 3.05) is 74.0 Å². The van der Waals surface area contributed by atoms with Crippen LogP contribution < -0.4 is 56.4 Å². The van der Waals surface area contributed by atoms with Crippen LogP contribution in [0.15, 0.2) is 101 Å². The molecular weight excluding hydrogens is 2000 g/mol. The summed E-state index contributed by atoms with van der Waals surface area (Å²) in [4.78, 5) is 142.